The predicted molar refractivity (Wildman–Crippen MR) is 160 cm³/mol. The molecule has 0 fully saturated rings. The molecular formula is C27H31BrF2NO6PS2. The topological polar surface area (TPSA) is 113 Å². The van der Waals surface area contributed by atoms with Gasteiger partial charge >= 0.3 is 13.3 Å². The Hall–Kier alpha value is -1.95. The van der Waals surface area contributed by atoms with Crippen LogP contribution >= 0.6 is 35.3 Å². The van der Waals surface area contributed by atoms with Gasteiger partial charge in [0.1, 0.15) is 5.75 Å². The molecule has 40 heavy (non-hydrogen) atoms. The van der Waals surface area contributed by atoms with E-state index >= 15 is 0 Å². The van der Waals surface area contributed by atoms with Gasteiger partial charge in [-0.25, -0.2) is 8.42 Å². The van der Waals surface area contributed by atoms with E-state index in [9.17, 15) is 21.8 Å². The number of alkyl halides is 2. The largest absolute Gasteiger partial charge is 0.491 e. The molecule has 7 nitrogen and oxygen atoms in total. The number of anilines is 1. The Morgan fingerprint density at radius 2 is 1.60 bits per heavy atom. The third-order valence-electron chi connectivity index (χ3n) is 5.78. The molecule has 0 atom stereocenters. The molecule has 0 aromatic heterocycles. The highest BCUT2D eigenvalue weighted by Crippen LogP contribution is 2.60. The van der Waals surface area contributed by atoms with Crippen molar-refractivity contribution in [3.63, 3.8) is 0 Å². The Morgan fingerprint density at radius 3 is 2.17 bits per heavy atom. The van der Waals surface area contributed by atoms with Crippen molar-refractivity contribution in [2.24, 2.45) is 5.92 Å². The van der Waals surface area contributed by atoms with E-state index in [2.05, 4.69) is 34.5 Å². The smallest absolute Gasteiger partial charge is 0.399 e. The van der Waals surface area contributed by atoms with E-state index in [0.717, 1.165) is 41.0 Å². The van der Waals surface area contributed by atoms with Crippen molar-refractivity contribution in [1.29, 1.82) is 0 Å². The van der Waals surface area contributed by atoms with Crippen LogP contribution in [0.25, 0.3) is 11.1 Å². The first-order valence-corrected chi connectivity index (χ1v) is 17.7. The Kier molecular flexibility index (Phi) is 10.9. The van der Waals surface area contributed by atoms with E-state index in [1.807, 2.05) is 30.3 Å². The number of benzene rings is 3. The van der Waals surface area contributed by atoms with Gasteiger partial charge < -0.3 is 14.5 Å². The summed E-state index contributed by atoms with van der Waals surface area (Å²) in [5, 5.41) is 0. The lowest BCUT2D eigenvalue weighted by Crippen LogP contribution is -2.14. The monoisotopic (exact) mass is 677 g/mol. The summed E-state index contributed by atoms with van der Waals surface area (Å²) in [6, 6.07) is 17.1. The maximum atomic E-state index is 14.0. The highest BCUT2D eigenvalue weighted by molar-refractivity contribution is 9.10. The zero-order valence-electron chi connectivity index (χ0n) is 22.1. The van der Waals surface area contributed by atoms with Gasteiger partial charge in [-0.05, 0) is 52.8 Å². The van der Waals surface area contributed by atoms with Gasteiger partial charge in [-0.2, -0.15) is 20.5 Å². The molecule has 3 aromatic carbocycles. The van der Waals surface area contributed by atoms with Crippen molar-refractivity contribution in [3.8, 4) is 16.9 Å². The first-order chi connectivity index (χ1) is 18.6. The Bertz CT molecular complexity index is 1480. The average Bonchev–Trinajstić information content (AvgIpc) is 2.83. The fourth-order valence-corrected chi connectivity index (χ4v) is 6.49. The maximum Gasteiger partial charge on any atom is 0.399 e. The number of hydrogen-bond acceptors (Lipinski definition) is 5. The molecule has 0 radical (unpaired) electrons. The van der Waals surface area contributed by atoms with Gasteiger partial charge in [0.2, 0.25) is 10.0 Å². The standard InChI is InChI=1S/C27H31BrF2NO6PS2/c1-18(2)12-13-37-26-11-9-22(15-25(26)31-40(3,35)36)21-7-4-19(5-8-21)16-39-17-20-6-10-23(24(28)14-20)27(29,30)38(32,33)34/h4-11,14-15,18,31H,12-13,16-17H2,1-3H3,(H2,32,33,34). The lowest BCUT2D eigenvalue weighted by Gasteiger charge is -2.19. The van der Waals surface area contributed by atoms with E-state index < -0.39 is 28.8 Å². The van der Waals surface area contributed by atoms with E-state index in [1.54, 1.807) is 23.9 Å². The van der Waals surface area contributed by atoms with Crippen molar-refractivity contribution < 1.29 is 36.3 Å². The molecular weight excluding hydrogens is 647 g/mol. The summed E-state index contributed by atoms with van der Waals surface area (Å²) >= 11 is 4.56. The molecule has 0 unspecified atom stereocenters. The Balaban J connectivity index is 1.66. The molecule has 3 aromatic rings. The van der Waals surface area contributed by atoms with Gasteiger partial charge in [0.15, 0.2) is 0 Å². The molecule has 13 heteroatoms. The van der Waals surface area contributed by atoms with Crippen LogP contribution in [0.5, 0.6) is 5.75 Å². The van der Waals surface area contributed by atoms with Crippen LogP contribution < -0.4 is 9.46 Å². The number of thioether (sulfide) groups is 1. The molecule has 0 aliphatic heterocycles. The number of hydrogen-bond donors (Lipinski definition) is 3. The van der Waals surface area contributed by atoms with E-state index in [4.69, 9.17) is 14.5 Å². The lowest BCUT2D eigenvalue weighted by atomic mass is 10.0. The fourth-order valence-electron chi connectivity index (χ4n) is 3.65. The van der Waals surface area contributed by atoms with Crippen LogP contribution in [0.1, 0.15) is 37.0 Å². The van der Waals surface area contributed by atoms with E-state index in [0.29, 0.717) is 35.5 Å². The number of ether oxygens (including phenoxy) is 1. The lowest BCUT2D eigenvalue weighted by molar-refractivity contribution is 0.0557. The van der Waals surface area contributed by atoms with Gasteiger partial charge in [-0.3, -0.25) is 9.29 Å². The van der Waals surface area contributed by atoms with Gasteiger partial charge in [-0.15, -0.1) is 0 Å². The average molecular weight is 679 g/mol. The number of rotatable bonds is 13. The summed E-state index contributed by atoms with van der Waals surface area (Å²) in [6.07, 6.45) is 1.93. The van der Waals surface area contributed by atoms with Gasteiger partial charge in [0, 0.05) is 21.5 Å². The Labute approximate surface area is 246 Å². The van der Waals surface area contributed by atoms with Gasteiger partial charge in [0.05, 0.1) is 18.6 Å². The van der Waals surface area contributed by atoms with Crippen LogP contribution in [0.3, 0.4) is 0 Å². The quantitative estimate of drug-likeness (QED) is 0.160. The molecule has 3 N–H and O–H groups in total. The molecule has 0 saturated carbocycles. The summed E-state index contributed by atoms with van der Waals surface area (Å²) in [4.78, 5) is 17.9. The molecule has 218 valence electrons. The van der Waals surface area contributed by atoms with Crippen molar-refractivity contribution in [1.82, 2.24) is 0 Å². The zero-order chi connectivity index (χ0) is 29.7. The molecule has 0 saturated heterocycles. The SMILES string of the molecule is CC(C)CCOc1ccc(-c2ccc(CSCc3ccc(C(F)(F)P(=O)(O)O)c(Br)c3)cc2)cc1NS(C)(=O)=O. The minimum Gasteiger partial charge on any atom is -0.491 e. The first-order valence-electron chi connectivity index (χ1n) is 12.2. The van der Waals surface area contributed by atoms with Gasteiger partial charge in [0.25, 0.3) is 0 Å². The summed E-state index contributed by atoms with van der Waals surface area (Å²) in [7, 11) is -9.15. The second kappa shape index (κ2) is 13.4. The summed E-state index contributed by atoms with van der Waals surface area (Å²) in [5.41, 5.74) is -1.19. The second-order valence-electron chi connectivity index (χ2n) is 9.71. The minimum absolute atomic E-state index is 0.0654. The highest BCUT2D eigenvalue weighted by atomic mass is 79.9. The normalized spacial score (nSPS) is 12.5. The maximum absolute atomic E-state index is 14.0. The summed E-state index contributed by atoms with van der Waals surface area (Å²) in [5.74, 6) is 2.06. The predicted octanol–water partition coefficient (Wildman–Crippen LogP) is 7.57. The Morgan fingerprint density at radius 1 is 1.00 bits per heavy atom. The van der Waals surface area contributed by atoms with Crippen LogP contribution in [-0.2, 0) is 31.8 Å². The highest BCUT2D eigenvalue weighted by Gasteiger charge is 2.51. The van der Waals surface area contributed by atoms with Crippen molar-refractivity contribution in [3.05, 3.63) is 81.8 Å². The molecule has 0 amide bonds. The fraction of sp³-hybridized carbons (Fsp3) is 0.333. The van der Waals surface area contributed by atoms with Gasteiger partial charge in [-0.1, -0.05) is 72.2 Å². The van der Waals surface area contributed by atoms with Crippen LogP contribution in [0.4, 0.5) is 14.5 Å². The molecule has 0 heterocycles. The number of sulfonamides is 1. The number of nitrogens with one attached hydrogen (secondary N) is 1. The van der Waals surface area contributed by atoms with Crippen molar-refractivity contribution in [2.45, 2.75) is 37.4 Å². The molecule has 0 aliphatic rings. The molecule has 0 bridgehead atoms. The molecule has 0 spiro atoms. The second-order valence-corrected chi connectivity index (χ2v) is 14.9. The first kappa shape index (κ1) is 32.6. The van der Waals surface area contributed by atoms with Crippen LogP contribution in [0.2, 0.25) is 0 Å². The molecule has 3 rings (SSSR count). The third kappa shape index (κ3) is 9.03. The summed E-state index contributed by atoms with van der Waals surface area (Å²) < 4.78 is 71.4. The van der Waals surface area contributed by atoms with Crippen LogP contribution in [-0.4, -0.2) is 31.1 Å². The van der Waals surface area contributed by atoms with E-state index in [1.165, 1.54) is 12.1 Å². The third-order valence-corrected chi connectivity index (χ3v) is 9.07. The van der Waals surface area contributed by atoms with Crippen LogP contribution in [0.15, 0.2) is 65.1 Å². The number of halogens is 3. The van der Waals surface area contributed by atoms with E-state index in [-0.39, 0.29) is 4.47 Å². The summed E-state index contributed by atoms with van der Waals surface area (Å²) in [6.45, 7) is 4.65. The zero-order valence-corrected chi connectivity index (χ0v) is 26.2. The van der Waals surface area contributed by atoms with Crippen LogP contribution in [0, 0.1) is 5.92 Å². The minimum atomic E-state index is -5.65. The van der Waals surface area contributed by atoms with Crippen molar-refractivity contribution >= 4 is 51.0 Å². The molecule has 0 aliphatic carbocycles. The van der Waals surface area contributed by atoms with Crippen molar-refractivity contribution in [2.75, 3.05) is 17.6 Å².